The van der Waals surface area contributed by atoms with Crippen molar-refractivity contribution in [1.29, 1.82) is 0 Å². The average Bonchev–Trinajstić information content (AvgIpc) is 2.67. The van der Waals surface area contributed by atoms with Crippen molar-refractivity contribution in [3.8, 4) is 0 Å². The topological polar surface area (TPSA) is 32.3 Å². The number of hydrogen-bond acceptors (Lipinski definition) is 3. The Morgan fingerprint density at radius 3 is 2.60 bits per heavy atom. The van der Waals surface area contributed by atoms with Gasteiger partial charge in [-0.25, -0.2) is 0 Å². The number of amides is 1. The monoisotopic (exact) mass is 358 g/mol. The van der Waals surface area contributed by atoms with Crippen molar-refractivity contribution in [2.24, 2.45) is 0 Å². The van der Waals surface area contributed by atoms with E-state index < -0.39 is 0 Å². The SMILES string of the molecule is C=CC1=C(C=C)N(CCC(=O)NCCCC)c2ccccc2S1.CC. The molecule has 1 amide bonds. The van der Waals surface area contributed by atoms with Crippen molar-refractivity contribution in [3.05, 3.63) is 60.2 Å². The van der Waals surface area contributed by atoms with Crippen molar-refractivity contribution < 1.29 is 4.79 Å². The summed E-state index contributed by atoms with van der Waals surface area (Å²) in [5.41, 5.74) is 2.14. The Hall–Kier alpha value is -1.94. The number of thioether (sulfide) groups is 1. The van der Waals surface area contributed by atoms with Crippen LogP contribution in [-0.2, 0) is 4.79 Å². The lowest BCUT2D eigenvalue weighted by Crippen LogP contribution is -2.32. The van der Waals surface area contributed by atoms with E-state index in [-0.39, 0.29) is 5.91 Å². The van der Waals surface area contributed by atoms with E-state index in [1.54, 1.807) is 11.8 Å². The van der Waals surface area contributed by atoms with Gasteiger partial charge in [-0.1, -0.05) is 70.3 Å². The summed E-state index contributed by atoms with van der Waals surface area (Å²) in [5.74, 6) is 0.0951. The first-order valence-corrected chi connectivity index (χ1v) is 9.83. The lowest BCUT2D eigenvalue weighted by molar-refractivity contribution is -0.120. The molecular weight excluding hydrogens is 328 g/mol. The van der Waals surface area contributed by atoms with E-state index in [0.29, 0.717) is 13.0 Å². The summed E-state index contributed by atoms with van der Waals surface area (Å²) in [6.07, 6.45) is 6.27. The quantitative estimate of drug-likeness (QED) is 0.621. The summed E-state index contributed by atoms with van der Waals surface area (Å²) in [6, 6.07) is 8.23. The Balaban J connectivity index is 0.00000151. The molecule has 4 heteroatoms. The molecule has 3 nitrogen and oxygen atoms in total. The molecule has 0 atom stereocenters. The Bertz CT molecular complexity index is 622. The van der Waals surface area contributed by atoms with Crippen LogP contribution in [0.4, 0.5) is 5.69 Å². The molecule has 1 aliphatic rings. The second-order valence-electron chi connectivity index (χ2n) is 5.33. The molecule has 0 aliphatic carbocycles. The number of para-hydroxylation sites is 1. The fraction of sp³-hybridized carbons (Fsp3) is 0.381. The highest BCUT2D eigenvalue weighted by Crippen LogP contribution is 2.43. The number of fused-ring (bicyclic) bond motifs is 1. The number of rotatable bonds is 8. The van der Waals surface area contributed by atoms with Gasteiger partial charge in [-0.3, -0.25) is 4.79 Å². The number of nitrogens with zero attached hydrogens (tertiary/aromatic N) is 1. The van der Waals surface area contributed by atoms with E-state index in [2.05, 4.69) is 42.4 Å². The molecule has 1 aliphatic heterocycles. The molecule has 0 spiro atoms. The van der Waals surface area contributed by atoms with Gasteiger partial charge in [-0.05, 0) is 24.6 Å². The van der Waals surface area contributed by atoms with Gasteiger partial charge in [0.25, 0.3) is 0 Å². The van der Waals surface area contributed by atoms with Crippen LogP contribution in [0.15, 0.2) is 65.1 Å². The molecule has 136 valence electrons. The maximum Gasteiger partial charge on any atom is 0.221 e. The minimum Gasteiger partial charge on any atom is -0.356 e. The van der Waals surface area contributed by atoms with Crippen LogP contribution in [0.25, 0.3) is 0 Å². The number of carbonyl (C=O) groups is 1. The van der Waals surface area contributed by atoms with E-state index in [1.165, 1.54) is 4.90 Å². The molecular formula is C21H30N2OS. The van der Waals surface area contributed by atoms with Crippen LogP contribution >= 0.6 is 11.8 Å². The highest BCUT2D eigenvalue weighted by Gasteiger charge is 2.23. The molecule has 0 bridgehead atoms. The summed E-state index contributed by atoms with van der Waals surface area (Å²) in [4.78, 5) is 16.4. The molecule has 0 unspecified atom stereocenters. The number of unbranched alkanes of at least 4 members (excludes halogenated alkanes) is 1. The predicted molar refractivity (Wildman–Crippen MR) is 111 cm³/mol. The van der Waals surface area contributed by atoms with Gasteiger partial charge in [0.05, 0.1) is 11.4 Å². The number of allylic oxidation sites excluding steroid dienone is 2. The molecule has 0 radical (unpaired) electrons. The lowest BCUT2D eigenvalue weighted by atomic mass is 10.2. The van der Waals surface area contributed by atoms with Crippen LogP contribution in [0.2, 0.25) is 0 Å². The van der Waals surface area contributed by atoms with Crippen LogP contribution in [0, 0.1) is 0 Å². The van der Waals surface area contributed by atoms with E-state index in [4.69, 9.17) is 0 Å². The van der Waals surface area contributed by atoms with Crippen molar-refractivity contribution in [2.75, 3.05) is 18.0 Å². The van der Waals surface area contributed by atoms with E-state index in [9.17, 15) is 4.79 Å². The van der Waals surface area contributed by atoms with Crippen molar-refractivity contribution in [1.82, 2.24) is 5.32 Å². The number of carbonyl (C=O) groups excluding carboxylic acids is 1. The maximum atomic E-state index is 12.0. The van der Waals surface area contributed by atoms with Gasteiger partial charge in [0, 0.05) is 29.3 Å². The molecule has 1 aromatic rings. The van der Waals surface area contributed by atoms with Gasteiger partial charge >= 0.3 is 0 Å². The minimum atomic E-state index is 0.0951. The molecule has 0 saturated carbocycles. The second kappa shape index (κ2) is 11.6. The molecule has 1 aromatic carbocycles. The molecule has 1 N–H and O–H groups in total. The first-order chi connectivity index (χ1) is 12.2. The third-order valence-corrected chi connectivity index (χ3v) is 4.87. The van der Waals surface area contributed by atoms with Crippen molar-refractivity contribution in [3.63, 3.8) is 0 Å². The predicted octanol–water partition coefficient (Wildman–Crippen LogP) is 5.51. The number of benzene rings is 1. The minimum absolute atomic E-state index is 0.0951. The smallest absolute Gasteiger partial charge is 0.221 e. The van der Waals surface area contributed by atoms with Gasteiger partial charge in [0.15, 0.2) is 0 Å². The number of anilines is 1. The average molecular weight is 359 g/mol. The van der Waals surface area contributed by atoms with Crippen LogP contribution in [-0.4, -0.2) is 19.0 Å². The van der Waals surface area contributed by atoms with Crippen molar-refractivity contribution in [2.45, 2.75) is 44.9 Å². The summed E-state index contributed by atoms with van der Waals surface area (Å²) in [5, 5.41) is 2.97. The third-order valence-electron chi connectivity index (χ3n) is 3.71. The third kappa shape index (κ3) is 5.82. The zero-order chi connectivity index (χ0) is 18.7. The van der Waals surface area contributed by atoms with Gasteiger partial charge in [0.1, 0.15) is 0 Å². The van der Waals surface area contributed by atoms with E-state index in [1.807, 2.05) is 38.1 Å². The zero-order valence-corrected chi connectivity index (χ0v) is 16.5. The molecule has 2 rings (SSSR count). The van der Waals surface area contributed by atoms with Crippen molar-refractivity contribution >= 4 is 23.4 Å². The Morgan fingerprint density at radius 1 is 1.24 bits per heavy atom. The molecule has 0 fully saturated rings. The highest BCUT2D eigenvalue weighted by atomic mass is 32.2. The van der Waals surface area contributed by atoms with Crippen LogP contribution in [0.1, 0.15) is 40.0 Å². The Kier molecular flexibility index (Phi) is 9.78. The fourth-order valence-corrected chi connectivity index (χ4v) is 3.55. The fourth-order valence-electron chi connectivity index (χ4n) is 2.50. The normalized spacial score (nSPS) is 12.7. The highest BCUT2D eigenvalue weighted by molar-refractivity contribution is 8.03. The Labute approximate surface area is 156 Å². The molecule has 0 aromatic heterocycles. The van der Waals surface area contributed by atoms with Gasteiger partial charge in [-0.2, -0.15) is 0 Å². The van der Waals surface area contributed by atoms with Crippen LogP contribution in [0.5, 0.6) is 0 Å². The molecule has 25 heavy (non-hydrogen) atoms. The standard InChI is InChI=1S/C19H24N2OS.C2H6/c1-4-7-13-20-19(22)12-14-21-15(5-2)17(6-3)23-18-11-9-8-10-16(18)21;1-2/h5-6,8-11H,2-4,7,12-14H2,1H3,(H,20,22);1-2H3. The maximum absolute atomic E-state index is 12.0. The molecule has 0 saturated heterocycles. The number of hydrogen-bond donors (Lipinski definition) is 1. The summed E-state index contributed by atoms with van der Waals surface area (Å²) in [7, 11) is 0. The molecule has 1 heterocycles. The van der Waals surface area contributed by atoms with E-state index >= 15 is 0 Å². The van der Waals surface area contributed by atoms with Gasteiger partial charge in [-0.15, -0.1) is 0 Å². The zero-order valence-electron chi connectivity index (χ0n) is 15.7. The van der Waals surface area contributed by atoms with Gasteiger partial charge in [0.2, 0.25) is 5.91 Å². The van der Waals surface area contributed by atoms with Gasteiger partial charge < -0.3 is 10.2 Å². The van der Waals surface area contributed by atoms with Crippen LogP contribution < -0.4 is 10.2 Å². The Morgan fingerprint density at radius 2 is 1.96 bits per heavy atom. The largest absolute Gasteiger partial charge is 0.356 e. The number of nitrogens with one attached hydrogen (secondary N) is 1. The summed E-state index contributed by atoms with van der Waals surface area (Å²) >= 11 is 1.69. The summed E-state index contributed by atoms with van der Waals surface area (Å²) < 4.78 is 0. The second-order valence-corrected chi connectivity index (χ2v) is 6.42. The van der Waals surface area contributed by atoms with Crippen LogP contribution in [0.3, 0.4) is 0 Å². The summed E-state index contributed by atoms with van der Waals surface area (Å²) in [6.45, 7) is 15.3. The van der Waals surface area contributed by atoms with E-state index in [0.717, 1.165) is 35.7 Å². The first kappa shape index (κ1) is 21.1. The lowest BCUT2D eigenvalue weighted by Gasteiger charge is -2.33. The first-order valence-electron chi connectivity index (χ1n) is 9.01.